The summed E-state index contributed by atoms with van der Waals surface area (Å²) in [6.45, 7) is 11.6. The maximum Gasteiger partial charge on any atom is 0.234 e. The molecule has 8 heteroatoms. The lowest BCUT2D eigenvalue weighted by Crippen LogP contribution is -2.26. The van der Waals surface area contributed by atoms with E-state index >= 15 is 0 Å². The molecular formula is C37H38BrN3O4. The molecule has 0 fully saturated rings. The van der Waals surface area contributed by atoms with Crippen LogP contribution < -0.4 is 20.7 Å². The Morgan fingerprint density at radius 3 is 1.60 bits per heavy atom. The summed E-state index contributed by atoms with van der Waals surface area (Å²) < 4.78 is 6.27. The molecule has 4 aromatic carbocycles. The molecule has 0 aromatic heterocycles. The first-order valence-corrected chi connectivity index (χ1v) is 15.6. The molecule has 0 unspecified atom stereocenters. The molecule has 232 valence electrons. The second-order valence-electron chi connectivity index (χ2n) is 13.0. The highest BCUT2D eigenvalue weighted by molar-refractivity contribution is 9.10. The maximum atomic E-state index is 12.0. The summed E-state index contributed by atoms with van der Waals surface area (Å²) in [4.78, 5) is 34.9. The van der Waals surface area contributed by atoms with Crippen LogP contribution in [0.1, 0.15) is 58.2 Å². The number of fused-ring (bicyclic) bond motifs is 3. The van der Waals surface area contributed by atoms with E-state index in [1.807, 2.05) is 120 Å². The average molecular weight is 669 g/mol. The van der Waals surface area contributed by atoms with Gasteiger partial charge < -0.3 is 20.7 Å². The van der Waals surface area contributed by atoms with E-state index in [-0.39, 0.29) is 23.1 Å². The zero-order valence-electron chi connectivity index (χ0n) is 26.6. The van der Waals surface area contributed by atoms with Crippen LogP contribution in [-0.4, -0.2) is 24.8 Å². The molecule has 0 bridgehead atoms. The van der Waals surface area contributed by atoms with Crippen molar-refractivity contribution in [2.45, 2.75) is 57.8 Å². The van der Waals surface area contributed by atoms with Crippen molar-refractivity contribution < 1.29 is 19.1 Å². The number of para-hydroxylation sites is 1. The molecule has 7 rings (SSSR count). The van der Waals surface area contributed by atoms with E-state index in [1.54, 1.807) is 7.11 Å². The standard InChI is InChI=1S/C17H17NO2.C10H10BrNO.C10H11NO/c1-17(2)14-10-12(7-8-15(14)18-16(17)19)11-5-4-6-13(9-11)20-3;1-10(2)7-5-6(11)3-4-8(7)12-9(10)13;1-10(2)7-5-3-4-6-8(7)11-9(10)12/h4-10H,1-3H3,(H,18,19);3-5H,1-2H3,(H,12,13);3-6H,1-2H3,(H,11,12). The summed E-state index contributed by atoms with van der Waals surface area (Å²) in [6.07, 6.45) is 0. The highest BCUT2D eigenvalue weighted by atomic mass is 79.9. The molecular weight excluding hydrogens is 630 g/mol. The van der Waals surface area contributed by atoms with Gasteiger partial charge >= 0.3 is 0 Å². The zero-order chi connectivity index (χ0) is 32.7. The van der Waals surface area contributed by atoms with E-state index in [2.05, 4.69) is 37.9 Å². The van der Waals surface area contributed by atoms with Gasteiger partial charge in [0.1, 0.15) is 5.75 Å². The lowest BCUT2D eigenvalue weighted by Gasteiger charge is -2.16. The number of benzene rings is 4. The van der Waals surface area contributed by atoms with Gasteiger partial charge in [0.25, 0.3) is 0 Å². The predicted octanol–water partition coefficient (Wildman–Crippen LogP) is 8.19. The first kappa shape index (κ1) is 32.0. The molecule has 7 nitrogen and oxygen atoms in total. The molecule has 0 saturated carbocycles. The largest absolute Gasteiger partial charge is 0.497 e. The Bertz CT molecular complexity index is 1830. The Balaban J connectivity index is 0.000000140. The van der Waals surface area contributed by atoms with Crippen LogP contribution >= 0.6 is 15.9 Å². The normalized spacial score (nSPS) is 17.2. The number of nitrogens with one attached hydrogen (secondary N) is 3. The number of amides is 3. The Hall–Kier alpha value is -4.43. The van der Waals surface area contributed by atoms with Crippen molar-refractivity contribution >= 4 is 50.7 Å². The van der Waals surface area contributed by atoms with Crippen LogP contribution in [0.2, 0.25) is 0 Å². The lowest BCUT2D eigenvalue weighted by molar-refractivity contribution is -0.120. The van der Waals surface area contributed by atoms with Crippen molar-refractivity contribution in [3.8, 4) is 16.9 Å². The van der Waals surface area contributed by atoms with Crippen LogP contribution in [-0.2, 0) is 30.6 Å². The fourth-order valence-electron chi connectivity index (χ4n) is 5.63. The van der Waals surface area contributed by atoms with E-state index < -0.39 is 10.8 Å². The predicted molar refractivity (Wildman–Crippen MR) is 184 cm³/mol. The molecule has 45 heavy (non-hydrogen) atoms. The van der Waals surface area contributed by atoms with E-state index in [9.17, 15) is 14.4 Å². The van der Waals surface area contributed by atoms with Gasteiger partial charge in [0, 0.05) is 21.5 Å². The van der Waals surface area contributed by atoms with Gasteiger partial charge in [-0.3, -0.25) is 14.4 Å². The van der Waals surface area contributed by atoms with Crippen LogP contribution in [0.15, 0.2) is 89.4 Å². The Labute approximate surface area is 272 Å². The number of halogens is 1. The molecule has 3 aliphatic heterocycles. The second-order valence-corrected chi connectivity index (χ2v) is 13.9. The second kappa shape index (κ2) is 11.8. The van der Waals surface area contributed by atoms with Crippen LogP contribution in [0.5, 0.6) is 5.75 Å². The van der Waals surface area contributed by atoms with Crippen molar-refractivity contribution in [2.24, 2.45) is 0 Å². The summed E-state index contributed by atoms with van der Waals surface area (Å²) in [5.74, 6) is 1.04. The maximum absolute atomic E-state index is 12.0. The van der Waals surface area contributed by atoms with Gasteiger partial charge in [-0.1, -0.05) is 52.3 Å². The Morgan fingerprint density at radius 1 is 0.533 bits per heavy atom. The summed E-state index contributed by atoms with van der Waals surface area (Å²) >= 11 is 3.40. The minimum Gasteiger partial charge on any atom is -0.497 e. The molecule has 0 atom stereocenters. The van der Waals surface area contributed by atoms with Crippen molar-refractivity contribution in [2.75, 3.05) is 23.1 Å². The number of hydrogen-bond acceptors (Lipinski definition) is 4. The van der Waals surface area contributed by atoms with Gasteiger partial charge in [0.2, 0.25) is 17.7 Å². The van der Waals surface area contributed by atoms with Gasteiger partial charge in [-0.25, -0.2) is 0 Å². The van der Waals surface area contributed by atoms with Crippen molar-refractivity contribution in [3.63, 3.8) is 0 Å². The minimum atomic E-state index is -0.482. The number of hydrogen-bond donors (Lipinski definition) is 3. The van der Waals surface area contributed by atoms with Crippen molar-refractivity contribution in [1.29, 1.82) is 0 Å². The SMILES string of the molecule is CC1(C)C(=O)Nc2ccc(Br)cc21.CC1(C)C(=O)Nc2ccccc21.COc1cccc(-c2ccc3c(c2)C(C)(C)C(=O)N3)c1. The van der Waals surface area contributed by atoms with Crippen LogP contribution in [0.3, 0.4) is 0 Å². The fourth-order valence-corrected chi connectivity index (χ4v) is 6.00. The smallest absolute Gasteiger partial charge is 0.234 e. The molecule has 0 radical (unpaired) electrons. The molecule has 0 saturated heterocycles. The van der Waals surface area contributed by atoms with Gasteiger partial charge in [-0.15, -0.1) is 0 Å². The Kier molecular flexibility index (Phi) is 8.40. The van der Waals surface area contributed by atoms with Crippen LogP contribution in [0.25, 0.3) is 11.1 Å². The van der Waals surface area contributed by atoms with Gasteiger partial charge in [-0.2, -0.15) is 0 Å². The van der Waals surface area contributed by atoms with Gasteiger partial charge in [-0.05, 0) is 118 Å². The van der Waals surface area contributed by atoms with Crippen LogP contribution in [0, 0.1) is 0 Å². The average Bonchev–Trinajstić information content (AvgIpc) is 3.49. The number of rotatable bonds is 2. The minimum absolute atomic E-state index is 0.0512. The van der Waals surface area contributed by atoms with E-state index in [0.29, 0.717) is 0 Å². The number of methoxy groups -OCH3 is 1. The molecule has 4 aromatic rings. The van der Waals surface area contributed by atoms with E-state index in [1.165, 1.54) is 0 Å². The van der Waals surface area contributed by atoms with Gasteiger partial charge in [0.05, 0.1) is 23.4 Å². The van der Waals surface area contributed by atoms with Crippen LogP contribution in [0.4, 0.5) is 17.1 Å². The third kappa shape index (κ3) is 5.99. The third-order valence-electron chi connectivity index (χ3n) is 8.80. The highest BCUT2D eigenvalue weighted by Crippen LogP contribution is 2.41. The van der Waals surface area contributed by atoms with Gasteiger partial charge in [0.15, 0.2) is 0 Å². The molecule has 3 N–H and O–H groups in total. The topological polar surface area (TPSA) is 96.5 Å². The summed E-state index contributed by atoms with van der Waals surface area (Å²) in [6, 6.07) is 27.7. The van der Waals surface area contributed by atoms with Crippen molar-refractivity contribution in [1.82, 2.24) is 0 Å². The summed E-state index contributed by atoms with van der Waals surface area (Å²) in [7, 11) is 1.66. The van der Waals surface area contributed by atoms with E-state index in [0.717, 1.165) is 55.1 Å². The molecule has 0 aliphatic carbocycles. The highest BCUT2D eigenvalue weighted by Gasteiger charge is 2.39. The lowest BCUT2D eigenvalue weighted by atomic mass is 9.85. The molecule has 3 amide bonds. The quantitative estimate of drug-likeness (QED) is 0.201. The molecule has 3 aliphatic rings. The number of carbonyl (C=O) groups excluding carboxylic acids is 3. The fraction of sp³-hybridized carbons (Fsp3) is 0.270. The summed E-state index contributed by atoms with van der Waals surface area (Å²) in [5, 5.41) is 8.63. The Morgan fingerprint density at radius 2 is 1.02 bits per heavy atom. The zero-order valence-corrected chi connectivity index (χ0v) is 28.2. The number of anilines is 3. The molecule has 0 spiro atoms. The van der Waals surface area contributed by atoms with Crippen molar-refractivity contribution in [3.05, 3.63) is 106 Å². The number of ether oxygens (including phenoxy) is 1. The number of carbonyl (C=O) groups is 3. The monoisotopic (exact) mass is 667 g/mol. The third-order valence-corrected chi connectivity index (χ3v) is 9.29. The summed E-state index contributed by atoms with van der Waals surface area (Å²) in [5.41, 5.74) is 6.91. The van der Waals surface area contributed by atoms with E-state index in [4.69, 9.17) is 4.74 Å². The molecule has 3 heterocycles. The first-order valence-electron chi connectivity index (χ1n) is 14.8. The first-order chi connectivity index (χ1) is 21.2.